The second-order valence-corrected chi connectivity index (χ2v) is 18.2. The van der Waals surface area contributed by atoms with E-state index in [0.29, 0.717) is 10.7 Å². The zero-order valence-corrected chi connectivity index (χ0v) is 22.5. The van der Waals surface area contributed by atoms with Crippen molar-refractivity contribution in [2.24, 2.45) is 4.40 Å². The van der Waals surface area contributed by atoms with Gasteiger partial charge in [0, 0.05) is 24.6 Å². The van der Waals surface area contributed by atoms with Crippen molar-refractivity contribution in [3.63, 3.8) is 0 Å². The molecule has 1 heterocycles. The molecule has 6 nitrogen and oxygen atoms in total. The number of hydrogen-bond acceptors (Lipinski definition) is 6. The van der Waals surface area contributed by atoms with E-state index < -0.39 is 28.5 Å². The van der Waals surface area contributed by atoms with Gasteiger partial charge in [0.1, 0.15) is 5.15 Å². The lowest BCUT2D eigenvalue weighted by molar-refractivity contribution is 0.247. The van der Waals surface area contributed by atoms with Crippen LogP contribution in [-0.2, 0) is 19.9 Å². The predicted molar refractivity (Wildman–Crippen MR) is 126 cm³/mol. The Morgan fingerprint density at radius 3 is 2.17 bits per heavy atom. The monoisotopic (exact) mass is 479 g/mol. The number of rotatable bonds is 7. The standard InChI is InChI=1S/C19H34ClN3O3S2Si/c1-17(2,3)28(24,25)22-12-19(7,13-26-29(9,10)18(4,5)6)14-11-21-16(27-8)23-15(14)20/h11-12H,13H2,1-10H3/b22-12+/t19-/m1/s1. The molecule has 0 N–H and O–H groups in total. The van der Waals surface area contributed by atoms with Gasteiger partial charge >= 0.3 is 0 Å². The maximum Gasteiger partial charge on any atom is 0.257 e. The highest BCUT2D eigenvalue weighted by molar-refractivity contribution is 7.98. The highest BCUT2D eigenvalue weighted by Gasteiger charge is 2.40. The maximum atomic E-state index is 12.6. The summed E-state index contributed by atoms with van der Waals surface area (Å²) in [6, 6.07) is 0. The Balaban J connectivity index is 3.46. The van der Waals surface area contributed by atoms with E-state index in [2.05, 4.69) is 48.2 Å². The number of sulfonamides is 1. The topological polar surface area (TPSA) is 81.5 Å². The van der Waals surface area contributed by atoms with Crippen LogP contribution in [0.2, 0.25) is 23.3 Å². The summed E-state index contributed by atoms with van der Waals surface area (Å²) >= 11 is 7.84. The number of halogens is 1. The molecule has 0 radical (unpaired) electrons. The van der Waals surface area contributed by atoms with E-state index in [1.807, 2.05) is 13.2 Å². The van der Waals surface area contributed by atoms with Crippen LogP contribution in [0.5, 0.6) is 0 Å². The zero-order chi connectivity index (χ0) is 22.9. The Hall–Kier alpha value is -0.483. The second kappa shape index (κ2) is 8.94. The van der Waals surface area contributed by atoms with Gasteiger partial charge in [-0.15, -0.1) is 0 Å². The summed E-state index contributed by atoms with van der Waals surface area (Å²) in [6.45, 7) is 17.7. The predicted octanol–water partition coefficient (Wildman–Crippen LogP) is 5.33. The average molecular weight is 480 g/mol. The third kappa shape index (κ3) is 6.50. The van der Waals surface area contributed by atoms with Gasteiger partial charge in [0.15, 0.2) is 13.5 Å². The van der Waals surface area contributed by atoms with Crippen molar-refractivity contribution in [3.05, 3.63) is 16.9 Å². The fraction of sp³-hybridized carbons (Fsp3) is 0.737. The highest BCUT2D eigenvalue weighted by Crippen LogP contribution is 2.38. The lowest BCUT2D eigenvalue weighted by Gasteiger charge is -2.39. The van der Waals surface area contributed by atoms with Gasteiger partial charge in [-0.25, -0.2) is 18.4 Å². The highest BCUT2D eigenvalue weighted by atomic mass is 35.5. The summed E-state index contributed by atoms with van der Waals surface area (Å²) in [5.74, 6) is 0. The molecule has 0 bridgehead atoms. The Bertz CT molecular complexity index is 862. The summed E-state index contributed by atoms with van der Waals surface area (Å²) < 4.78 is 34.5. The van der Waals surface area contributed by atoms with Crippen LogP contribution in [0.1, 0.15) is 54.0 Å². The van der Waals surface area contributed by atoms with E-state index >= 15 is 0 Å². The fourth-order valence-electron chi connectivity index (χ4n) is 1.90. The van der Waals surface area contributed by atoms with E-state index in [4.69, 9.17) is 16.0 Å². The second-order valence-electron chi connectivity index (χ2n) is 9.85. The van der Waals surface area contributed by atoms with Crippen LogP contribution in [0.3, 0.4) is 0 Å². The Kier molecular flexibility index (Phi) is 8.19. The molecular formula is C19H34ClN3O3S2Si. The van der Waals surface area contributed by atoms with E-state index in [1.54, 1.807) is 27.0 Å². The molecule has 0 aliphatic rings. The Labute approximate surface area is 186 Å². The lowest BCUT2D eigenvalue weighted by atomic mass is 9.86. The van der Waals surface area contributed by atoms with Crippen LogP contribution in [0, 0.1) is 0 Å². The maximum absolute atomic E-state index is 12.6. The Morgan fingerprint density at radius 2 is 1.76 bits per heavy atom. The molecule has 1 aromatic heterocycles. The molecule has 0 amide bonds. The SMILES string of the molecule is CSc1ncc([C@](C)(/C=N/S(=O)(=O)C(C)(C)C)CO[Si](C)(C)C(C)(C)C)c(Cl)n1. The van der Waals surface area contributed by atoms with Crippen molar-refractivity contribution >= 4 is 47.9 Å². The smallest absolute Gasteiger partial charge is 0.257 e. The van der Waals surface area contributed by atoms with Crippen LogP contribution < -0.4 is 0 Å². The molecule has 0 fully saturated rings. The summed E-state index contributed by atoms with van der Waals surface area (Å²) in [5.41, 5.74) is -0.314. The molecule has 1 atom stereocenters. The van der Waals surface area contributed by atoms with Gasteiger partial charge in [0.25, 0.3) is 10.0 Å². The summed E-state index contributed by atoms with van der Waals surface area (Å²) in [7, 11) is -5.80. The van der Waals surface area contributed by atoms with E-state index in [-0.39, 0.29) is 16.8 Å². The molecule has 0 unspecified atom stereocenters. The van der Waals surface area contributed by atoms with E-state index in [9.17, 15) is 8.42 Å². The summed E-state index contributed by atoms with van der Waals surface area (Å²) in [4.78, 5) is 8.63. The van der Waals surface area contributed by atoms with Crippen LogP contribution >= 0.6 is 23.4 Å². The van der Waals surface area contributed by atoms with Crippen molar-refractivity contribution in [2.45, 2.75) is 81.9 Å². The number of nitrogens with zero attached hydrogens (tertiary/aromatic N) is 3. The van der Waals surface area contributed by atoms with Gasteiger partial charge in [-0.2, -0.15) is 4.40 Å². The minimum Gasteiger partial charge on any atom is -0.416 e. The summed E-state index contributed by atoms with van der Waals surface area (Å²) in [6.07, 6.45) is 4.92. The van der Waals surface area contributed by atoms with Gasteiger partial charge in [-0.1, -0.05) is 44.1 Å². The molecule has 10 heteroatoms. The first-order valence-corrected chi connectivity index (χ1v) is 15.3. The van der Waals surface area contributed by atoms with Gasteiger partial charge in [0.2, 0.25) is 0 Å². The lowest BCUT2D eigenvalue weighted by Crippen LogP contribution is -2.45. The van der Waals surface area contributed by atoms with E-state index in [1.165, 1.54) is 18.0 Å². The minimum absolute atomic E-state index is 0.00550. The first-order valence-electron chi connectivity index (χ1n) is 9.38. The molecule has 29 heavy (non-hydrogen) atoms. The third-order valence-electron chi connectivity index (χ3n) is 5.31. The molecule has 1 aromatic rings. The largest absolute Gasteiger partial charge is 0.416 e. The summed E-state index contributed by atoms with van der Waals surface area (Å²) in [5, 5.41) is 0.821. The van der Waals surface area contributed by atoms with E-state index in [0.717, 1.165) is 0 Å². The van der Waals surface area contributed by atoms with Gasteiger partial charge in [-0.05, 0) is 52.1 Å². The van der Waals surface area contributed by atoms with Crippen LogP contribution in [0.15, 0.2) is 15.8 Å². The molecule has 0 aliphatic heterocycles. The quantitative estimate of drug-likeness (QED) is 0.173. The van der Waals surface area contributed by atoms with Gasteiger partial charge in [-0.3, -0.25) is 0 Å². The number of aromatic nitrogens is 2. The van der Waals surface area contributed by atoms with Crippen molar-refractivity contribution in [1.29, 1.82) is 0 Å². The van der Waals surface area contributed by atoms with Crippen LogP contribution in [-0.4, -0.2) is 50.5 Å². The molecular weight excluding hydrogens is 446 g/mol. The molecule has 0 spiro atoms. The zero-order valence-electron chi connectivity index (χ0n) is 19.1. The number of thioether (sulfide) groups is 1. The van der Waals surface area contributed by atoms with Crippen LogP contribution in [0.4, 0.5) is 0 Å². The minimum atomic E-state index is -3.71. The molecule has 0 aromatic carbocycles. The van der Waals surface area contributed by atoms with Crippen molar-refractivity contribution in [1.82, 2.24) is 9.97 Å². The first kappa shape index (κ1) is 26.6. The third-order valence-corrected chi connectivity index (χ3v) is 12.6. The first-order chi connectivity index (χ1) is 12.9. The molecule has 166 valence electrons. The number of hydrogen-bond donors (Lipinski definition) is 0. The van der Waals surface area contributed by atoms with Crippen molar-refractivity contribution in [2.75, 3.05) is 12.9 Å². The van der Waals surface area contributed by atoms with Crippen LogP contribution in [0.25, 0.3) is 0 Å². The van der Waals surface area contributed by atoms with Crippen molar-refractivity contribution in [3.8, 4) is 0 Å². The normalized spacial score (nSPS) is 16.2. The average Bonchev–Trinajstić information content (AvgIpc) is 2.56. The Morgan fingerprint density at radius 1 is 1.21 bits per heavy atom. The van der Waals surface area contributed by atoms with Gasteiger partial charge < -0.3 is 4.43 Å². The molecule has 0 aliphatic carbocycles. The molecule has 1 rings (SSSR count). The van der Waals surface area contributed by atoms with Crippen molar-refractivity contribution < 1.29 is 12.8 Å². The fourth-order valence-corrected chi connectivity index (χ4v) is 4.42. The molecule has 0 saturated heterocycles. The van der Waals surface area contributed by atoms with Gasteiger partial charge in [0.05, 0.1) is 10.2 Å². The molecule has 0 saturated carbocycles.